The van der Waals surface area contributed by atoms with Crippen molar-refractivity contribution in [1.82, 2.24) is 15.1 Å². The standard InChI is InChI=1S/C24H28N4O2/c1-18(2)21(17-25)27-13-15-28(16-14-27)24(30)22(19-9-5-3-6-10-19)26-23(29)20-11-7-4-8-12-20/h3-12,18,21-22H,13-16H2,1-2H3,(H,26,29). The lowest BCUT2D eigenvalue weighted by Gasteiger charge is -2.39. The molecule has 0 saturated carbocycles. The van der Waals surface area contributed by atoms with Crippen molar-refractivity contribution >= 4 is 11.8 Å². The molecule has 0 aromatic heterocycles. The fourth-order valence-corrected chi connectivity index (χ4v) is 3.79. The predicted molar refractivity (Wildman–Crippen MR) is 115 cm³/mol. The van der Waals surface area contributed by atoms with E-state index in [-0.39, 0.29) is 23.8 Å². The van der Waals surface area contributed by atoms with E-state index < -0.39 is 6.04 Å². The summed E-state index contributed by atoms with van der Waals surface area (Å²) in [4.78, 5) is 30.0. The van der Waals surface area contributed by atoms with Crippen molar-refractivity contribution in [3.63, 3.8) is 0 Å². The molecule has 1 saturated heterocycles. The first kappa shape index (κ1) is 21.5. The number of hydrogen-bond donors (Lipinski definition) is 1. The Morgan fingerprint density at radius 1 is 0.933 bits per heavy atom. The summed E-state index contributed by atoms with van der Waals surface area (Å²) in [5.74, 6) is -0.163. The number of hydrogen-bond acceptors (Lipinski definition) is 4. The molecule has 6 heteroatoms. The van der Waals surface area contributed by atoms with Gasteiger partial charge < -0.3 is 10.2 Å². The highest BCUT2D eigenvalue weighted by molar-refractivity contribution is 5.97. The lowest BCUT2D eigenvalue weighted by atomic mass is 10.0. The lowest BCUT2D eigenvalue weighted by molar-refractivity contribution is -0.135. The maximum absolute atomic E-state index is 13.4. The Hall–Kier alpha value is -3.17. The molecule has 1 aliphatic heterocycles. The van der Waals surface area contributed by atoms with Crippen molar-refractivity contribution in [1.29, 1.82) is 5.26 Å². The molecule has 6 nitrogen and oxygen atoms in total. The maximum atomic E-state index is 13.4. The SMILES string of the molecule is CC(C)C(C#N)N1CCN(C(=O)C(NC(=O)c2ccccc2)c2ccccc2)CC1. The highest BCUT2D eigenvalue weighted by Gasteiger charge is 2.32. The molecule has 1 heterocycles. The highest BCUT2D eigenvalue weighted by atomic mass is 16.2. The monoisotopic (exact) mass is 404 g/mol. The number of carbonyl (C=O) groups is 2. The van der Waals surface area contributed by atoms with Gasteiger partial charge in [0.15, 0.2) is 0 Å². The Kier molecular flexibility index (Phi) is 7.21. The summed E-state index contributed by atoms with van der Waals surface area (Å²) in [7, 11) is 0. The van der Waals surface area contributed by atoms with Gasteiger partial charge in [-0.05, 0) is 23.6 Å². The number of benzene rings is 2. The second-order valence-corrected chi connectivity index (χ2v) is 7.86. The van der Waals surface area contributed by atoms with Gasteiger partial charge in [-0.15, -0.1) is 0 Å². The number of carbonyl (C=O) groups excluding carboxylic acids is 2. The van der Waals surface area contributed by atoms with Crippen molar-refractivity contribution in [2.75, 3.05) is 26.2 Å². The van der Waals surface area contributed by atoms with Crippen LogP contribution in [-0.2, 0) is 4.79 Å². The van der Waals surface area contributed by atoms with E-state index in [1.54, 1.807) is 29.2 Å². The minimum absolute atomic E-state index is 0.122. The lowest BCUT2D eigenvalue weighted by Crippen LogP contribution is -2.55. The summed E-state index contributed by atoms with van der Waals surface area (Å²) >= 11 is 0. The van der Waals surface area contributed by atoms with Gasteiger partial charge in [0.05, 0.1) is 6.07 Å². The van der Waals surface area contributed by atoms with Gasteiger partial charge >= 0.3 is 0 Å². The highest BCUT2D eigenvalue weighted by Crippen LogP contribution is 2.20. The second-order valence-electron chi connectivity index (χ2n) is 7.86. The second kappa shape index (κ2) is 10.0. The number of nitrogens with zero attached hydrogens (tertiary/aromatic N) is 3. The number of amides is 2. The Morgan fingerprint density at radius 3 is 2.03 bits per heavy atom. The van der Waals surface area contributed by atoms with E-state index in [0.717, 1.165) is 5.56 Å². The zero-order valence-corrected chi connectivity index (χ0v) is 17.5. The quantitative estimate of drug-likeness (QED) is 0.803. The van der Waals surface area contributed by atoms with E-state index in [2.05, 4.69) is 16.3 Å². The Morgan fingerprint density at radius 2 is 1.50 bits per heavy atom. The van der Waals surface area contributed by atoms with E-state index in [1.165, 1.54) is 0 Å². The summed E-state index contributed by atoms with van der Waals surface area (Å²) in [5.41, 5.74) is 1.27. The summed E-state index contributed by atoms with van der Waals surface area (Å²) in [6, 6.07) is 19.7. The van der Waals surface area contributed by atoms with E-state index in [9.17, 15) is 14.9 Å². The van der Waals surface area contributed by atoms with Gasteiger partial charge in [-0.25, -0.2) is 0 Å². The Balaban J connectivity index is 1.74. The van der Waals surface area contributed by atoms with Gasteiger partial charge in [-0.1, -0.05) is 62.4 Å². The fourth-order valence-electron chi connectivity index (χ4n) is 3.79. The molecule has 0 bridgehead atoms. The Labute approximate surface area is 178 Å². The molecule has 1 aliphatic rings. The molecule has 2 atom stereocenters. The van der Waals surface area contributed by atoms with Gasteiger partial charge in [-0.3, -0.25) is 14.5 Å². The average Bonchev–Trinajstić information content (AvgIpc) is 2.79. The van der Waals surface area contributed by atoms with E-state index >= 15 is 0 Å². The topological polar surface area (TPSA) is 76.4 Å². The van der Waals surface area contributed by atoms with Crippen LogP contribution in [0, 0.1) is 17.2 Å². The largest absolute Gasteiger partial charge is 0.338 e. The molecule has 2 unspecified atom stereocenters. The average molecular weight is 405 g/mol. The van der Waals surface area contributed by atoms with Crippen molar-refractivity contribution in [2.24, 2.45) is 5.92 Å². The summed E-state index contributed by atoms with van der Waals surface area (Å²) in [5, 5.41) is 12.4. The first-order valence-corrected chi connectivity index (χ1v) is 10.3. The number of nitrogens with one attached hydrogen (secondary N) is 1. The molecule has 2 aromatic rings. The van der Waals surface area contributed by atoms with Crippen LogP contribution in [-0.4, -0.2) is 53.8 Å². The molecule has 0 spiro atoms. The Bertz CT molecular complexity index is 884. The third kappa shape index (κ3) is 5.05. The molecule has 2 amide bonds. The van der Waals surface area contributed by atoms with Crippen molar-refractivity contribution in [3.05, 3.63) is 71.8 Å². The first-order chi connectivity index (χ1) is 14.5. The van der Waals surface area contributed by atoms with Gasteiger partial charge in [-0.2, -0.15) is 5.26 Å². The normalized spacial score (nSPS) is 16.5. The van der Waals surface area contributed by atoms with Crippen LogP contribution in [0.4, 0.5) is 0 Å². The van der Waals surface area contributed by atoms with Crippen LogP contribution in [0.1, 0.15) is 35.8 Å². The van der Waals surface area contributed by atoms with E-state index in [1.807, 2.05) is 50.2 Å². The first-order valence-electron chi connectivity index (χ1n) is 10.3. The molecule has 3 rings (SSSR count). The van der Waals surface area contributed by atoms with Crippen molar-refractivity contribution in [2.45, 2.75) is 25.9 Å². The minimum atomic E-state index is -0.748. The molecule has 30 heavy (non-hydrogen) atoms. The van der Waals surface area contributed by atoms with Crippen LogP contribution in [0.2, 0.25) is 0 Å². The smallest absolute Gasteiger partial charge is 0.252 e. The third-order valence-corrected chi connectivity index (χ3v) is 5.47. The molecule has 156 valence electrons. The number of rotatable bonds is 6. The predicted octanol–water partition coefficient (Wildman–Crippen LogP) is 2.85. The fraction of sp³-hybridized carbons (Fsp3) is 0.375. The van der Waals surface area contributed by atoms with E-state index in [0.29, 0.717) is 31.7 Å². The van der Waals surface area contributed by atoms with Crippen LogP contribution >= 0.6 is 0 Å². The van der Waals surface area contributed by atoms with E-state index in [4.69, 9.17) is 0 Å². The van der Waals surface area contributed by atoms with Crippen LogP contribution in [0.25, 0.3) is 0 Å². The van der Waals surface area contributed by atoms with Gasteiger partial charge in [0, 0.05) is 31.7 Å². The van der Waals surface area contributed by atoms with Gasteiger partial charge in [0.2, 0.25) is 5.91 Å². The molecule has 2 aromatic carbocycles. The summed E-state index contributed by atoms with van der Waals surface area (Å²) in [6.45, 7) is 6.45. The van der Waals surface area contributed by atoms with Crippen LogP contribution in [0.5, 0.6) is 0 Å². The van der Waals surface area contributed by atoms with Crippen molar-refractivity contribution in [3.8, 4) is 6.07 Å². The summed E-state index contributed by atoms with van der Waals surface area (Å²) in [6.07, 6.45) is 0. The maximum Gasteiger partial charge on any atom is 0.252 e. The zero-order valence-electron chi connectivity index (χ0n) is 17.5. The van der Waals surface area contributed by atoms with Crippen LogP contribution in [0.3, 0.4) is 0 Å². The van der Waals surface area contributed by atoms with Crippen LogP contribution < -0.4 is 5.32 Å². The summed E-state index contributed by atoms with van der Waals surface area (Å²) < 4.78 is 0. The van der Waals surface area contributed by atoms with Crippen molar-refractivity contribution < 1.29 is 9.59 Å². The van der Waals surface area contributed by atoms with Crippen LogP contribution in [0.15, 0.2) is 60.7 Å². The van der Waals surface area contributed by atoms with Gasteiger partial charge in [0.25, 0.3) is 5.91 Å². The zero-order chi connectivity index (χ0) is 21.5. The molecular formula is C24H28N4O2. The molecule has 1 N–H and O–H groups in total. The molecular weight excluding hydrogens is 376 g/mol. The molecule has 1 fully saturated rings. The minimum Gasteiger partial charge on any atom is -0.338 e. The molecule has 0 aliphatic carbocycles. The number of piperazine rings is 1. The number of nitriles is 1. The molecule has 0 radical (unpaired) electrons. The van der Waals surface area contributed by atoms with Gasteiger partial charge in [0.1, 0.15) is 12.1 Å². The third-order valence-electron chi connectivity index (χ3n) is 5.47.